The Morgan fingerprint density at radius 3 is 2.15 bits per heavy atom. The minimum absolute atomic E-state index is 0.0368. The third kappa shape index (κ3) is 3.68. The minimum Gasteiger partial charge on any atom is -0.508 e. The Morgan fingerprint density at radius 1 is 1.00 bits per heavy atom. The van der Waals surface area contributed by atoms with Gasteiger partial charge in [0.15, 0.2) is 5.78 Å². The van der Waals surface area contributed by atoms with Gasteiger partial charge >= 0.3 is 5.97 Å². The third-order valence-electron chi connectivity index (χ3n) is 2.74. The maximum atomic E-state index is 12.0. The number of esters is 1. The molecule has 0 spiro atoms. The van der Waals surface area contributed by atoms with Crippen LogP contribution in [0.4, 0.5) is 0 Å². The molecule has 0 radical (unpaired) electrons. The molecular formula is C16H14O4. The second-order valence-electron chi connectivity index (χ2n) is 4.38. The topological polar surface area (TPSA) is 63.6 Å². The highest BCUT2D eigenvalue weighted by Gasteiger charge is 2.07. The highest BCUT2D eigenvalue weighted by Crippen LogP contribution is 2.15. The maximum absolute atomic E-state index is 12.0. The van der Waals surface area contributed by atoms with E-state index in [0.717, 1.165) is 5.56 Å². The first-order valence-corrected chi connectivity index (χ1v) is 6.14. The van der Waals surface area contributed by atoms with Gasteiger partial charge in [-0.2, -0.15) is 0 Å². The number of Topliss-reactive ketones (excluding diaryl/α,β-unsaturated/α-hetero) is 1. The van der Waals surface area contributed by atoms with Gasteiger partial charge < -0.3 is 9.84 Å². The Kier molecular flexibility index (Phi) is 4.15. The first kappa shape index (κ1) is 13.8. The second kappa shape index (κ2) is 6.02. The zero-order chi connectivity index (χ0) is 14.5. The number of ether oxygens (including phenoxy) is 1. The zero-order valence-electron chi connectivity index (χ0n) is 11.0. The van der Waals surface area contributed by atoms with E-state index >= 15 is 0 Å². The lowest BCUT2D eigenvalue weighted by molar-refractivity contribution is -0.131. The number of hydrogen-bond acceptors (Lipinski definition) is 4. The molecule has 0 bridgehead atoms. The van der Waals surface area contributed by atoms with E-state index in [1.54, 1.807) is 36.4 Å². The van der Waals surface area contributed by atoms with Gasteiger partial charge in [0.1, 0.15) is 11.5 Å². The van der Waals surface area contributed by atoms with Gasteiger partial charge in [0, 0.05) is 18.9 Å². The Hall–Kier alpha value is -2.62. The normalized spacial score (nSPS) is 10.1. The Balaban J connectivity index is 2.04. The van der Waals surface area contributed by atoms with Crippen molar-refractivity contribution in [3.05, 3.63) is 59.7 Å². The van der Waals surface area contributed by atoms with Gasteiger partial charge in [0.05, 0.1) is 0 Å². The van der Waals surface area contributed by atoms with Gasteiger partial charge in [0.2, 0.25) is 0 Å². The van der Waals surface area contributed by atoms with E-state index in [-0.39, 0.29) is 23.9 Å². The van der Waals surface area contributed by atoms with Crippen molar-refractivity contribution >= 4 is 11.8 Å². The highest BCUT2D eigenvalue weighted by molar-refractivity contribution is 5.97. The highest BCUT2D eigenvalue weighted by atomic mass is 16.5. The van der Waals surface area contributed by atoms with Crippen LogP contribution in [0.25, 0.3) is 0 Å². The number of aromatic hydroxyl groups is 1. The number of phenolic OH excluding ortho intramolecular Hbond substituents is 1. The van der Waals surface area contributed by atoms with E-state index in [2.05, 4.69) is 0 Å². The second-order valence-corrected chi connectivity index (χ2v) is 4.38. The van der Waals surface area contributed by atoms with Crippen molar-refractivity contribution < 1.29 is 19.4 Å². The summed E-state index contributed by atoms with van der Waals surface area (Å²) in [6.07, 6.45) is 0.255. The fourth-order valence-electron chi connectivity index (χ4n) is 1.78. The molecule has 0 unspecified atom stereocenters. The molecule has 0 fully saturated rings. The van der Waals surface area contributed by atoms with E-state index in [1.165, 1.54) is 19.1 Å². The van der Waals surface area contributed by atoms with E-state index in [0.29, 0.717) is 11.3 Å². The molecule has 2 aromatic rings. The predicted octanol–water partition coefficient (Wildman–Crippen LogP) is 2.74. The SMILES string of the molecule is CC(=O)Oc1ccc(CC(=O)c2ccc(O)cc2)cc1. The van der Waals surface area contributed by atoms with Crippen LogP contribution in [0.15, 0.2) is 48.5 Å². The molecule has 0 aliphatic rings. The Morgan fingerprint density at radius 2 is 1.60 bits per heavy atom. The van der Waals surface area contributed by atoms with E-state index in [9.17, 15) is 14.7 Å². The molecular weight excluding hydrogens is 256 g/mol. The summed E-state index contributed by atoms with van der Waals surface area (Å²) in [5.74, 6) is 0.175. The fourth-order valence-corrected chi connectivity index (χ4v) is 1.78. The molecule has 4 nitrogen and oxygen atoms in total. The Labute approximate surface area is 116 Å². The molecule has 0 aromatic heterocycles. The van der Waals surface area contributed by atoms with E-state index < -0.39 is 0 Å². The van der Waals surface area contributed by atoms with Gasteiger partial charge in [-0.1, -0.05) is 12.1 Å². The van der Waals surface area contributed by atoms with Crippen LogP contribution in [0.3, 0.4) is 0 Å². The zero-order valence-corrected chi connectivity index (χ0v) is 11.0. The smallest absolute Gasteiger partial charge is 0.308 e. The van der Waals surface area contributed by atoms with Gasteiger partial charge in [-0.15, -0.1) is 0 Å². The third-order valence-corrected chi connectivity index (χ3v) is 2.74. The molecule has 20 heavy (non-hydrogen) atoms. The van der Waals surface area contributed by atoms with Crippen LogP contribution >= 0.6 is 0 Å². The lowest BCUT2D eigenvalue weighted by Crippen LogP contribution is -2.04. The summed E-state index contributed by atoms with van der Waals surface area (Å²) in [6, 6.07) is 12.9. The van der Waals surface area contributed by atoms with Crippen molar-refractivity contribution in [3.8, 4) is 11.5 Å². The van der Waals surface area contributed by atoms with Crippen molar-refractivity contribution in [2.75, 3.05) is 0 Å². The predicted molar refractivity (Wildman–Crippen MR) is 73.9 cm³/mol. The molecule has 0 aliphatic carbocycles. The summed E-state index contributed by atoms with van der Waals surface area (Å²) in [6.45, 7) is 1.34. The maximum Gasteiger partial charge on any atom is 0.308 e. The molecule has 1 N–H and O–H groups in total. The van der Waals surface area contributed by atoms with Crippen LogP contribution in [-0.4, -0.2) is 16.9 Å². The minimum atomic E-state index is -0.377. The summed E-state index contributed by atoms with van der Waals surface area (Å²) in [7, 11) is 0. The number of ketones is 1. The number of hydrogen-bond donors (Lipinski definition) is 1. The van der Waals surface area contributed by atoms with Crippen LogP contribution in [-0.2, 0) is 11.2 Å². The number of carbonyl (C=O) groups is 2. The van der Waals surface area contributed by atoms with Gasteiger partial charge in [-0.3, -0.25) is 9.59 Å². The lowest BCUT2D eigenvalue weighted by atomic mass is 10.0. The van der Waals surface area contributed by atoms with Gasteiger partial charge in [-0.05, 0) is 42.0 Å². The van der Waals surface area contributed by atoms with Crippen LogP contribution in [0.1, 0.15) is 22.8 Å². The largest absolute Gasteiger partial charge is 0.508 e. The summed E-state index contributed by atoms with van der Waals surface area (Å²) < 4.78 is 4.92. The Bertz CT molecular complexity index is 612. The molecule has 0 heterocycles. The first-order chi connectivity index (χ1) is 9.54. The number of rotatable bonds is 4. The molecule has 102 valence electrons. The number of phenols is 1. The summed E-state index contributed by atoms with van der Waals surface area (Å²) in [4.78, 5) is 22.8. The van der Waals surface area contributed by atoms with Crippen LogP contribution in [0.5, 0.6) is 11.5 Å². The van der Waals surface area contributed by atoms with Gasteiger partial charge in [-0.25, -0.2) is 0 Å². The standard InChI is InChI=1S/C16H14O4/c1-11(17)20-15-8-2-12(3-9-15)10-16(19)13-4-6-14(18)7-5-13/h2-9,18H,10H2,1H3. The van der Waals surface area contributed by atoms with Gasteiger partial charge in [0.25, 0.3) is 0 Å². The molecule has 0 atom stereocenters. The number of benzene rings is 2. The van der Waals surface area contributed by atoms with Crippen molar-refractivity contribution in [1.82, 2.24) is 0 Å². The van der Waals surface area contributed by atoms with Crippen molar-refractivity contribution in [3.63, 3.8) is 0 Å². The van der Waals surface area contributed by atoms with Crippen molar-refractivity contribution in [2.45, 2.75) is 13.3 Å². The summed E-state index contributed by atoms with van der Waals surface area (Å²) in [5, 5.41) is 9.18. The fraction of sp³-hybridized carbons (Fsp3) is 0.125. The average molecular weight is 270 g/mol. The van der Waals surface area contributed by atoms with Crippen molar-refractivity contribution in [2.24, 2.45) is 0 Å². The number of carbonyl (C=O) groups excluding carboxylic acids is 2. The molecule has 2 rings (SSSR count). The van der Waals surface area contributed by atoms with Crippen LogP contribution < -0.4 is 4.74 Å². The molecule has 0 amide bonds. The van der Waals surface area contributed by atoms with E-state index in [1.807, 2.05) is 0 Å². The first-order valence-electron chi connectivity index (χ1n) is 6.14. The van der Waals surface area contributed by atoms with E-state index in [4.69, 9.17) is 4.74 Å². The molecule has 0 saturated carbocycles. The summed E-state index contributed by atoms with van der Waals surface area (Å²) in [5.41, 5.74) is 1.38. The molecule has 4 heteroatoms. The lowest BCUT2D eigenvalue weighted by Gasteiger charge is -2.04. The monoisotopic (exact) mass is 270 g/mol. The molecule has 2 aromatic carbocycles. The van der Waals surface area contributed by atoms with Crippen LogP contribution in [0.2, 0.25) is 0 Å². The van der Waals surface area contributed by atoms with Crippen molar-refractivity contribution in [1.29, 1.82) is 0 Å². The van der Waals surface area contributed by atoms with Crippen LogP contribution in [0, 0.1) is 0 Å². The molecule has 0 saturated heterocycles. The average Bonchev–Trinajstić information content (AvgIpc) is 2.41. The quantitative estimate of drug-likeness (QED) is 0.527. The molecule has 0 aliphatic heterocycles. The summed E-state index contributed by atoms with van der Waals surface area (Å²) >= 11 is 0.